The lowest BCUT2D eigenvalue weighted by Crippen LogP contribution is -2.49. The molecule has 32 heavy (non-hydrogen) atoms. The van der Waals surface area contributed by atoms with Crippen LogP contribution in [0.25, 0.3) is 0 Å². The Morgan fingerprint density at radius 3 is 2.19 bits per heavy atom. The van der Waals surface area contributed by atoms with Crippen LogP contribution in [-0.2, 0) is 26.6 Å². The zero-order chi connectivity index (χ0) is 23.4. The van der Waals surface area contributed by atoms with Gasteiger partial charge in [0.1, 0.15) is 18.8 Å². The number of benzene rings is 2. The smallest absolute Gasteiger partial charge is 0.408 e. The molecule has 0 saturated carbocycles. The molecule has 0 spiro atoms. The molecule has 6 nitrogen and oxygen atoms in total. The van der Waals surface area contributed by atoms with E-state index < -0.39 is 23.7 Å². The van der Waals surface area contributed by atoms with Crippen molar-refractivity contribution in [2.45, 2.75) is 44.8 Å². The second-order valence-corrected chi connectivity index (χ2v) is 9.53. The first-order valence-corrected chi connectivity index (χ1v) is 11.9. The van der Waals surface area contributed by atoms with E-state index in [1.807, 2.05) is 60.7 Å². The fraction of sp³-hybridized carbons (Fsp3) is 0.375. The summed E-state index contributed by atoms with van der Waals surface area (Å²) in [6.45, 7) is 5.50. The van der Waals surface area contributed by atoms with Gasteiger partial charge in [-0.15, -0.1) is 0 Å². The molecule has 0 aliphatic carbocycles. The molecule has 0 fully saturated rings. The van der Waals surface area contributed by atoms with E-state index in [1.165, 1.54) is 5.56 Å². The fourth-order valence-electron chi connectivity index (χ4n) is 2.57. The van der Waals surface area contributed by atoms with E-state index in [0.29, 0.717) is 10.7 Å². The van der Waals surface area contributed by atoms with Crippen molar-refractivity contribution in [3.8, 4) is 0 Å². The Morgan fingerprint density at radius 1 is 1.00 bits per heavy atom. The van der Waals surface area contributed by atoms with Gasteiger partial charge in [-0.2, -0.15) is 11.8 Å². The predicted molar refractivity (Wildman–Crippen MR) is 133 cm³/mol. The molecule has 1 atom stereocenters. The summed E-state index contributed by atoms with van der Waals surface area (Å²) in [5.41, 5.74) is 1.46. The minimum atomic E-state index is -0.623. The van der Waals surface area contributed by atoms with Gasteiger partial charge in [-0.3, -0.25) is 4.79 Å². The van der Waals surface area contributed by atoms with Gasteiger partial charge in [0.15, 0.2) is 0 Å². The molecule has 0 saturated heterocycles. The van der Waals surface area contributed by atoms with Crippen LogP contribution in [0.2, 0.25) is 0 Å². The molecule has 0 aliphatic rings. The Labute approximate surface area is 199 Å². The van der Waals surface area contributed by atoms with E-state index in [-0.39, 0.29) is 13.2 Å². The number of carbonyl (C=O) groups is 2. The number of ether oxygens (including phenoxy) is 2. The third-order valence-electron chi connectivity index (χ3n) is 4.05. The Balaban J connectivity index is 1.86. The second kappa shape index (κ2) is 13.1. The topological polar surface area (TPSA) is 76.7 Å². The minimum Gasteiger partial charge on any atom is -0.460 e. The van der Waals surface area contributed by atoms with Gasteiger partial charge < -0.3 is 20.1 Å². The molecule has 0 aliphatic heterocycles. The fourth-order valence-corrected chi connectivity index (χ4v) is 3.92. The Kier molecular flexibility index (Phi) is 10.5. The SMILES string of the molecule is CC(C)(C)OC(=O)NC(CSCc1ccccc1)C(=S)NCC(=O)OCc1ccccc1. The van der Waals surface area contributed by atoms with Crippen molar-refractivity contribution in [3.05, 3.63) is 71.8 Å². The van der Waals surface area contributed by atoms with Crippen LogP contribution in [-0.4, -0.2) is 41.0 Å². The Bertz CT molecular complexity index is 871. The van der Waals surface area contributed by atoms with Crippen LogP contribution in [0.3, 0.4) is 0 Å². The van der Waals surface area contributed by atoms with Crippen molar-refractivity contribution < 1.29 is 19.1 Å². The molecule has 2 rings (SSSR count). The maximum Gasteiger partial charge on any atom is 0.408 e. The van der Waals surface area contributed by atoms with Crippen LogP contribution in [0.15, 0.2) is 60.7 Å². The van der Waals surface area contributed by atoms with E-state index in [4.69, 9.17) is 21.7 Å². The van der Waals surface area contributed by atoms with Gasteiger partial charge in [-0.05, 0) is 31.9 Å². The van der Waals surface area contributed by atoms with Crippen molar-refractivity contribution in [1.82, 2.24) is 10.6 Å². The van der Waals surface area contributed by atoms with Crippen LogP contribution < -0.4 is 10.6 Å². The largest absolute Gasteiger partial charge is 0.460 e. The number of carbonyl (C=O) groups excluding carboxylic acids is 2. The molecule has 2 aromatic carbocycles. The summed E-state index contributed by atoms with van der Waals surface area (Å²) in [4.78, 5) is 24.7. The average molecular weight is 475 g/mol. The molecule has 0 heterocycles. The van der Waals surface area contributed by atoms with E-state index in [9.17, 15) is 9.59 Å². The highest BCUT2D eigenvalue weighted by atomic mass is 32.2. The van der Waals surface area contributed by atoms with Gasteiger partial charge in [0.25, 0.3) is 0 Å². The molecule has 0 radical (unpaired) electrons. The van der Waals surface area contributed by atoms with Crippen LogP contribution in [0.4, 0.5) is 4.79 Å². The number of amides is 1. The summed E-state index contributed by atoms with van der Waals surface area (Å²) < 4.78 is 10.6. The van der Waals surface area contributed by atoms with Gasteiger partial charge in [-0.1, -0.05) is 72.9 Å². The third kappa shape index (κ3) is 10.6. The highest BCUT2D eigenvalue weighted by Crippen LogP contribution is 2.14. The lowest BCUT2D eigenvalue weighted by atomic mass is 10.2. The van der Waals surface area contributed by atoms with Gasteiger partial charge >= 0.3 is 12.1 Å². The Hall–Kier alpha value is -2.58. The molecule has 1 amide bonds. The van der Waals surface area contributed by atoms with E-state index in [0.717, 1.165) is 11.3 Å². The Morgan fingerprint density at radius 2 is 1.59 bits per heavy atom. The molecular weight excluding hydrogens is 444 g/mol. The van der Waals surface area contributed by atoms with Gasteiger partial charge in [0.2, 0.25) is 0 Å². The molecule has 0 bridgehead atoms. The zero-order valence-electron chi connectivity index (χ0n) is 18.6. The number of esters is 1. The van der Waals surface area contributed by atoms with E-state index >= 15 is 0 Å². The standard InChI is InChI=1S/C24H30N2O4S2/c1-24(2,3)30-23(28)26-20(17-32-16-19-12-8-5-9-13-19)22(31)25-14-21(27)29-15-18-10-6-4-7-11-18/h4-13,20H,14-17H2,1-3H3,(H,25,31)(H,26,28). The number of thiocarbonyl (C=S) groups is 1. The van der Waals surface area contributed by atoms with E-state index in [1.54, 1.807) is 32.5 Å². The highest BCUT2D eigenvalue weighted by Gasteiger charge is 2.22. The number of hydrogen-bond acceptors (Lipinski definition) is 6. The predicted octanol–water partition coefficient (Wildman–Crippen LogP) is 4.47. The van der Waals surface area contributed by atoms with Crippen molar-refractivity contribution in [3.63, 3.8) is 0 Å². The number of hydrogen-bond donors (Lipinski definition) is 2. The number of rotatable bonds is 10. The molecule has 2 aromatic rings. The minimum absolute atomic E-state index is 0.0818. The van der Waals surface area contributed by atoms with E-state index in [2.05, 4.69) is 10.6 Å². The van der Waals surface area contributed by atoms with Gasteiger partial charge in [0.05, 0.1) is 11.0 Å². The summed E-state index contributed by atoms with van der Waals surface area (Å²) in [6, 6.07) is 19.0. The summed E-state index contributed by atoms with van der Waals surface area (Å²) >= 11 is 7.09. The first-order valence-electron chi connectivity index (χ1n) is 10.3. The maximum absolute atomic E-state index is 12.3. The highest BCUT2D eigenvalue weighted by molar-refractivity contribution is 7.98. The number of nitrogens with one attached hydrogen (secondary N) is 2. The molecular formula is C24H30N2O4S2. The van der Waals surface area contributed by atoms with Crippen molar-refractivity contribution >= 4 is 41.0 Å². The van der Waals surface area contributed by atoms with Crippen LogP contribution in [0.1, 0.15) is 31.9 Å². The van der Waals surface area contributed by atoms with Crippen LogP contribution >= 0.6 is 24.0 Å². The molecule has 172 valence electrons. The van der Waals surface area contributed by atoms with Crippen molar-refractivity contribution in [1.29, 1.82) is 0 Å². The summed E-state index contributed by atoms with van der Waals surface area (Å²) in [6.07, 6.45) is -0.557. The van der Waals surface area contributed by atoms with Crippen molar-refractivity contribution in [2.75, 3.05) is 12.3 Å². The molecule has 2 N–H and O–H groups in total. The van der Waals surface area contributed by atoms with Gasteiger partial charge in [0, 0.05) is 11.5 Å². The third-order valence-corrected chi connectivity index (χ3v) is 5.59. The molecule has 8 heteroatoms. The maximum atomic E-state index is 12.3. The first-order chi connectivity index (χ1) is 15.2. The first kappa shape index (κ1) is 25.7. The second-order valence-electron chi connectivity index (χ2n) is 8.06. The normalized spacial score (nSPS) is 11.8. The summed E-state index contributed by atoms with van der Waals surface area (Å²) in [7, 11) is 0. The van der Waals surface area contributed by atoms with Crippen LogP contribution in [0.5, 0.6) is 0 Å². The number of alkyl carbamates (subject to hydrolysis) is 1. The van der Waals surface area contributed by atoms with Gasteiger partial charge in [-0.25, -0.2) is 4.79 Å². The lowest BCUT2D eigenvalue weighted by molar-refractivity contribution is -0.143. The summed E-state index contributed by atoms with van der Waals surface area (Å²) in [5.74, 6) is 0.873. The quantitative estimate of drug-likeness (QED) is 0.389. The zero-order valence-corrected chi connectivity index (χ0v) is 20.3. The van der Waals surface area contributed by atoms with Crippen molar-refractivity contribution in [2.24, 2.45) is 0 Å². The molecule has 0 aromatic heterocycles. The number of thioether (sulfide) groups is 1. The average Bonchev–Trinajstić information content (AvgIpc) is 2.75. The summed E-state index contributed by atoms with van der Waals surface area (Å²) in [5, 5.41) is 5.71. The lowest BCUT2D eigenvalue weighted by Gasteiger charge is -2.24. The monoisotopic (exact) mass is 474 g/mol. The molecule has 1 unspecified atom stereocenters. The van der Waals surface area contributed by atoms with Crippen LogP contribution in [0, 0.1) is 0 Å².